The second-order valence-electron chi connectivity index (χ2n) is 7.13. The van der Waals surface area contributed by atoms with Gasteiger partial charge in [-0.1, -0.05) is 18.2 Å². The van der Waals surface area contributed by atoms with E-state index in [0.29, 0.717) is 34.5 Å². The lowest BCUT2D eigenvalue weighted by molar-refractivity contribution is -0.384. The molecule has 0 spiro atoms. The molecular weight excluding hydrogens is 422 g/mol. The predicted octanol–water partition coefficient (Wildman–Crippen LogP) is 5.47. The van der Waals surface area contributed by atoms with Gasteiger partial charge in [-0.2, -0.15) is 0 Å². The highest BCUT2D eigenvalue weighted by molar-refractivity contribution is 6.13. The van der Waals surface area contributed by atoms with E-state index in [-0.39, 0.29) is 17.3 Å². The summed E-state index contributed by atoms with van der Waals surface area (Å²) in [5.74, 6) is 0.570. The molecule has 3 aromatic carbocycles. The number of aromatic nitrogens is 1. The quantitative estimate of drug-likeness (QED) is 0.300. The Morgan fingerprint density at radius 1 is 1.06 bits per heavy atom. The summed E-state index contributed by atoms with van der Waals surface area (Å²) in [5, 5.41) is 14.5. The first-order chi connectivity index (χ1) is 16.0. The fourth-order valence-corrected chi connectivity index (χ4v) is 3.49. The minimum Gasteiger partial charge on any atom is -0.494 e. The molecule has 0 aliphatic heterocycles. The minimum atomic E-state index is -0.520. The topological polar surface area (TPSA) is 104 Å². The number of carbonyl (C=O) groups is 1. The van der Waals surface area contributed by atoms with Crippen molar-refractivity contribution < 1.29 is 19.2 Å². The number of anilines is 1. The number of nitrogens with one attached hydrogen (secondary N) is 1. The van der Waals surface area contributed by atoms with Crippen molar-refractivity contribution in [2.45, 2.75) is 6.92 Å². The molecule has 0 atom stereocenters. The van der Waals surface area contributed by atoms with Crippen LogP contribution < -0.4 is 14.8 Å². The number of non-ortho nitro benzene ring substituents is 1. The van der Waals surface area contributed by atoms with Gasteiger partial charge in [0.25, 0.3) is 11.6 Å². The summed E-state index contributed by atoms with van der Waals surface area (Å²) >= 11 is 0. The molecule has 1 aromatic heterocycles. The van der Waals surface area contributed by atoms with Crippen molar-refractivity contribution in [1.29, 1.82) is 0 Å². The van der Waals surface area contributed by atoms with Gasteiger partial charge in [0.05, 0.1) is 47.2 Å². The zero-order chi connectivity index (χ0) is 23.4. The maximum Gasteiger partial charge on any atom is 0.273 e. The highest BCUT2D eigenvalue weighted by Gasteiger charge is 2.18. The molecule has 1 amide bonds. The lowest BCUT2D eigenvalue weighted by Gasteiger charge is -2.13. The molecule has 166 valence electrons. The van der Waals surface area contributed by atoms with Gasteiger partial charge >= 0.3 is 0 Å². The lowest BCUT2D eigenvalue weighted by Crippen LogP contribution is -2.14. The van der Waals surface area contributed by atoms with Gasteiger partial charge < -0.3 is 14.8 Å². The van der Waals surface area contributed by atoms with E-state index in [1.165, 1.54) is 25.3 Å². The summed E-state index contributed by atoms with van der Waals surface area (Å²) < 4.78 is 10.7. The number of amides is 1. The SMILES string of the molecule is CCOc1ccc(-c2cc(C(=O)Nc3ccc([N+](=O)[O-])cc3OC)c3ccccc3n2)cc1. The molecule has 4 aromatic rings. The van der Waals surface area contributed by atoms with Gasteiger partial charge in [0.2, 0.25) is 0 Å². The summed E-state index contributed by atoms with van der Waals surface area (Å²) in [6, 6.07) is 20.6. The Hall–Kier alpha value is -4.46. The molecule has 0 fully saturated rings. The van der Waals surface area contributed by atoms with Crippen molar-refractivity contribution in [3.8, 4) is 22.8 Å². The van der Waals surface area contributed by atoms with Crippen molar-refractivity contribution in [2.75, 3.05) is 19.0 Å². The van der Waals surface area contributed by atoms with Crippen LogP contribution in [0.5, 0.6) is 11.5 Å². The number of hydrogen-bond acceptors (Lipinski definition) is 6. The van der Waals surface area contributed by atoms with Crippen molar-refractivity contribution in [3.05, 3.63) is 88.5 Å². The van der Waals surface area contributed by atoms with Crippen LogP contribution in [0.2, 0.25) is 0 Å². The molecule has 0 aliphatic rings. The summed E-state index contributed by atoms with van der Waals surface area (Å²) in [6.07, 6.45) is 0. The van der Waals surface area contributed by atoms with E-state index in [0.717, 1.165) is 11.3 Å². The summed E-state index contributed by atoms with van der Waals surface area (Å²) in [6.45, 7) is 2.49. The van der Waals surface area contributed by atoms with Crippen molar-refractivity contribution in [2.24, 2.45) is 0 Å². The largest absolute Gasteiger partial charge is 0.494 e. The Labute approximate surface area is 189 Å². The van der Waals surface area contributed by atoms with E-state index in [1.807, 2.05) is 55.5 Å². The molecule has 0 saturated heterocycles. The average molecular weight is 443 g/mol. The number of nitrogens with zero attached hydrogens (tertiary/aromatic N) is 2. The van der Waals surface area contributed by atoms with Crippen LogP contribution in [0, 0.1) is 10.1 Å². The van der Waals surface area contributed by atoms with Crippen LogP contribution in [0.1, 0.15) is 17.3 Å². The fraction of sp³-hybridized carbons (Fsp3) is 0.120. The number of ether oxygens (including phenoxy) is 2. The first kappa shape index (κ1) is 21.8. The van der Waals surface area contributed by atoms with Gasteiger partial charge in [0, 0.05) is 17.0 Å². The number of nitro benzene ring substituents is 1. The van der Waals surface area contributed by atoms with Crippen LogP contribution in [0.15, 0.2) is 72.8 Å². The molecule has 8 heteroatoms. The Balaban J connectivity index is 1.74. The lowest BCUT2D eigenvalue weighted by atomic mass is 10.0. The monoisotopic (exact) mass is 443 g/mol. The first-order valence-electron chi connectivity index (χ1n) is 10.3. The number of para-hydroxylation sites is 1. The zero-order valence-corrected chi connectivity index (χ0v) is 18.1. The van der Waals surface area contributed by atoms with E-state index < -0.39 is 4.92 Å². The minimum absolute atomic E-state index is 0.128. The van der Waals surface area contributed by atoms with E-state index in [2.05, 4.69) is 5.32 Å². The molecule has 0 saturated carbocycles. The summed E-state index contributed by atoms with van der Waals surface area (Å²) in [5.41, 5.74) is 2.77. The van der Waals surface area contributed by atoms with E-state index in [1.54, 1.807) is 6.07 Å². The molecule has 4 rings (SSSR count). The Morgan fingerprint density at radius 2 is 1.82 bits per heavy atom. The highest BCUT2D eigenvalue weighted by Crippen LogP contribution is 2.31. The van der Waals surface area contributed by atoms with E-state index >= 15 is 0 Å². The number of rotatable bonds is 7. The molecule has 0 aliphatic carbocycles. The van der Waals surface area contributed by atoms with Crippen LogP contribution in [-0.2, 0) is 0 Å². The molecule has 0 unspecified atom stereocenters. The van der Waals surface area contributed by atoms with Crippen molar-refractivity contribution in [3.63, 3.8) is 0 Å². The molecule has 1 heterocycles. The second kappa shape index (κ2) is 9.35. The Bertz CT molecular complexity index is 1340. The normalized spacial score (nSPS) is 10.6. The maximum absolute atomic E-state index is 13.3. The molecular formula is C25H21N3O5. The van der Waals surface area contributed by atoms with Crippen molar-refractivity contribution in [1.82, 2.24) is 4.98 Å². The number of hydrogen-bond donors (Lipinski definition) is 1. The van der Waals surface area contributed by atoms with Crippen molar-refractivity contribution >= 4 is 28.2 Å². The van der Waals surface area contributed by atoms with E-state index in [4.69, 9.17) is 14.5 Å². The smallest absolute Gasteiger partial charge is 0.273 e. The number of benzene rings is 3. The predicted molar refractivity (Wildman–Crippen MR) is 126 cm³/mol. The van der Waals surface area contributed by atoms with E-state index in [9.17, 15) is 14.9 Å². The third-order valence-corrected chi connectivity index (χ3v) is 5.07. The van der Waals surface area contributed by atoms with Crippen LogP contribution in [-0.4, -0.2) is 29.5 Å². The number of carbonyl (C=O) groups excluding carboxylic acids is 1. The van der Waals surface area contributed by atoms with Gasteiger partial charge in [-0.3, -0.25) is 14.9 Å². The fourth-order valence-electron chi connectivity index (χ4n) is 3.49. The summed E-state index contributed by atoms with van der Waals surface area (Å²) in [7, 11) is 1.39. The van der Waals surface area contributed by atoms with Gasteiger partial charge in [-0.05, 0) is 49.4 Å². The standard InChI is InChI=1S/C25H21N3O5/c1-3-33-18-11-8-16(9-12-18)23-15-20(19-6-4-5-7-21(19)26-23)25(29)27-22-13-10-17(28(30)31)14-24(22)32-2/h4-15H,3H2,1-2H3,(H,27,29). The van der Waals surface area contributed by atoms with Gasteiger partial charge in [0.15, 0.2) is 0 Å². The molecule has 8 nitrogen and oxygen atoms in total. The second-order valence-corrected chi connectivity index (χ2v) is 7.13. The molecule has 33 heavy (non-hydrogen) atoms. The summed E-state index contributed by atoms with van der Waals surface area (Å²) in [4.78, 5) is 28.5. The number of pyridine rings is 1. The third kappa shape index (κ3) is 4.59. The Kier molecular flexibility index (Phi) is 6.17. The average Bonchev–Trinajstić information content (AvgIpc) is 2.84. The number of nitro groups is 1. The van der Waals surface area contributed by atoms with Crippen LogP contribution >= 0.6 is 0 Å². The molecule has 1 N–H and O–H groups in total. The van der Waals surface area contributed by atoms with Gasteiger partial charge in [0.1, 0.15) is 11.5 Å². The van der Waals surface area contributed by atoms with Crippen LogP contribution in [0.25, 0.3) is 22.2 Å². The maximum atomic E-state index is 13.3. The molecule has 0 bridgehead atoms. The zero-order valence-electron chi connectivity index (χ0n) is 18.1. The van der Waals surface area contributed by atoms with Gasteiger partial charge in [-0.25, -0.2) is 4.98 Å². The first-order valence-corrected chi connectivity index (χ1v) is 10.3. The van der Waals surface area contributed by atoms with Crippen LogP contribution in [0.4, 0.5) is 11.4 Å². The van der Waals surface area contributed by atoms with Crippen LogP contribution in [0.3, 0.4) is 0 Å². The number of methoxy groups -OCH3 is 1. The molecule has 0 radical (unpaired) electrons. The highest BCUT2D eigenvalue weighted by atomic mass is 16.6. The Morgan fingerprint density at radius 3 is 2.52 bits per heavy atom. The van der Waals surface area contributed by atoms with Gasteiger partial charge in [-0.15, -0.1) is 0 Å². The third-order valence-electron chi connectivity index (χ3n) is 5.07. The number of fused-ring (bicyclic) bond motifs is 1.